The van der Waals surface area contributed by atoms with Crippen LogP contribution in [-0.2, 0) is 6.42 Å². The van der Waals surface area contributed by atoms with Crippen molar-refractivity contribution in [2.75, 3.05) is 0 Å². The molecular weight excluding hydrogens is 378 g/mol. The predicted octanol–water partition coefficient (Wildman–Crippen LogP) is 3.61. The summed E-state index contributed by atoms with van der Waals surface area (Å²) in [6.45, 7) is 1.97. The van der Waals surface area contributed by atoms with E-state index in [9.17, 15) is 9.59 Å². The molecule has 2 aromatic rings. The molecule has 0 aliphatic rings. The average Bonchev–Trinajstić information content (AvgIpc) is 2.70. The molecule has 0 amide bonds. The fourth-order valence-corrected chi connectivity index (χ4v) is 2.96. The molecule has 0 radical (unpaired) electrons. The molecule has 19 heavy (non-hydrogen) atoms. The molecule has 1 aromatic heterocycles. The Kier molecular flexibility index (Phi) is 4.42. The van der Waals surface area contributed by atoms with Crippen molar-refractivity contribution in [3.8, 4) is 0 Å². The first-order valence-corrected chi connectivity index (χ1v) is 7.33. The molecule has 0 spiro atoms. The minimum Gasteiger partial charge on any atom is -0.328 e. The summed E-state index contributed by atoms with van der Waals surface area (Å²) < 4.78 is 7.52. The molecule has 0 fully saturated rings. The van der Waals surface area contributed by atoms with Crippen LogP contribution in [0.3, 0.4) is 0 Å². The fraction of sp³-hybridized carbons (Fsp3) is 0.231. The van der Waals surface area contributed by atoms with Gasteiger partial charge in [0.25, 0.3) is 5.91 Å². The summed E-state index contributed by atoms with van der Waals surface area (Å²) in [5, 5.41) is 0. The maximum atomic E-state index is 12.4. The van der Waals surface area contributed by atoms with Crippen LogP contribution in [0.25, 0.3) is 0 Å². The van der Waals surface area contributed by atoms with Crippen molar-refractivity contribution >= 4 is 37.8 Å². The molecule has 100 valence electrons. The predicted molar refractivity (Wildman–Crippen MR) is 78.5 cm³/mol. The van der Waals surface area contributed by atoms with Gasteiger partial charge >= 0.3 is 5.63 Å². The number of halogens is 2. The van der Waals surface area contributed by atoms with Crippen molar-refractivity contribution in [1.29, 1.82) is 0 Å². The third-order valence-corrected chi connectivity index (χ3v) is 3.73. The van der Waals surface area contributed by atoms with E-state index in [1.165, 1.54) is 6.07 Å². The minimum absolute atomic E-state index is 0.357. The first-order valence-electron chi connectivity index (χ1n) is 5.75. The number of carbonyl (C=O) groups is 1. The number of carbonyl (C=O) groups excluding carboxylic acids is 1. The maximum absolute atomic E-state index is 12.4. The molecule has 0 aliphatic heterocycles. The quantitative estimate of drug-likeness (QED) is 0.806. The lowest BCUT2D eigenvalue weighted by Crippen LogP contribution is -2.15. The van der Waals surface area contributed by atoms with Gasteiger partial charge in [-0.25, -0.2) is 4.79 Å². The molecule has 0 saturated carbocycles. The summed E-state index contributed by atoms with van der Waals surface area (Å²) in [5.74, 6) is -0.357. The van der Waals surface area contributed by atoms with E-state index >= 15 is 0 Å². The van der Waals surface area contributed by atoms with Crippen LogP contribution in [0.1, 0.15) is 29.4 Å². The molecular formula is C13H11Br2NO3. The standard InChI is InChI=1S/C13H11Br2NO3/c1-2-3-9-7-12(17)19-16(9)13(18)10-5-4-8(14)6-11(10)15/h4-7H,2-3H2,1H3. The molecule has 1 heterocycles. The van der Waals surface area contributed by atoms with E-state index in [0.717, 1.165) is 15.6 Å². The van der Waals surface area contributed by atoms with Gasteiger partial charge in [-0.1, -0.05) is 29.3 Å². The Hall–Kier alpha value is -1.14. The van der Waals surface area contributed by atoms with Crippen LogP contribution in [0.4, 0.5) is 0 Å². The average molecular weight is 389 g/mol. The van der Waals surface area contributed by atoms with Crippen LogP contribution in [-0.4, -0.2) is 10.6 Å². The number of aromatic nitrogens is 1. The van der Waals surface area contributed by atoms with Crippen molar-refractivity contribution in [1.82, 2.24) is 4.74 Å². The Bertz CT molecular complexity index is 673. The first kappa shape index (κ1) is 14.3. The zero-order chi connectivity index (χ0) is 14.0. The van der Waals surface area contributed by atoms with E-state index < -0.39 is 5.63 Å². The van der Waals surface area contributed by atoms with E-state index in [2.05, 4.69) is 31.9 Å². The number of nitrogens with zero attached hydrogens (tertiary/aromatic N) is 1. The number of hydrogen-bond acceptors (Lipinski definition) is 3. The van der Waals surface area contributed by atoms with Crippen LogP contribution < -0.4 is 5.63 Å². The topological polar surface area (TPSA) is 52.2 Å². The van der Waals surface area contributed by atoms with E-state index in [0.29, 0.717) is 22.2 Å². The molecule has 0 N–H and O–H groups in total. The normalized spacial score (nSPS) is 10.7. The highest BCUT2D eigenvalue weighted by molar-refractivity contribution is 9.11. The summed E-state index contributed by atoms with van der Waals surface area (Å²) in [6.07, 6.45) is 1.44. The number of aryl methyl sites for hydroxylation is 1. The van der Waals surface area contributed by atoms with Crippen LogP contribution in [0.2, 0.25) is 0 Å². The minimum atomic E-state index is -0.509. The van der Waals surface area contributed by atoms with Gasteiger partial charge in [-0.2, -0.15) is 0 Å². The largest absolute Gasteiger partial charge is 0.358 e. The summed E-state index contributed by atoms with van der Waals surface area (Å²) >= 11 is 6.65. The van der Waals surface area contributed by atoms with Gasteiger partial charge in [0.05, 0.1) is 11.3 Å². The zero-order valence-corrected chi connectivity index (χ0v) is 13.3. The Morgan fingerprint density at radius 2 is 2.05 bits per heavy atom. The maximum Gasteiger partial charge on any atom is 0.358 e. The van der Waals surface area contributed by atoms with Gasteiger partial charge in [-0.3, -0.25) is 4.79 Å². The number of benzene rings is 1. The third-order valence-electron chi connectivity index (χ3n) is 2.58. The summed E-state index contributed by atoms with van der Waals surface area (Å²) in [4.78, 5) is 23.7. The van der Waals surface area contributed by atoms with Crippen molar-refractivity contribution in [3.05, 3.63) is 54.9 Å². The molecule has 1 aromatic carbocycles. The lowest BCUT2D eigenvalue weighted by atomic mass is 10.2. The van der Waals surface area contributed by atoms with Crippen molar-refractivity contribution in [3.63, 3.8) is 0 Å². The van der Waals surface area contributed by atoms with Crippen LogP contribution in [0, 0.1) is 0 Å². The molecule has 0 saturated heterocycles. The molecule has 4 nitrogen and oxygen atoms in total. The molecule has 0 atom stereocenters. The van der Waals surface area contributed by atoms with Gasteiger partial charge in [0.15, 0.2) is 0 Å². The monoisotopic (exact) mass is 387 g/mol. The highest BCUT2D eigenvalue weighted by atomic mass is 79.9. The van der Waals surface area contributed by atoms with Crippen molar-refractivity contribution in [2.45, 2.75) is 19.8 Å². The molecule has 0 bridgehead atoms. The van der Waals surface area contributed by atoms with E-state index in [1.54, 1.807) is 18.2 Å². The fourth-order valence-electron chi connectivity index (χ4n) is 1.74. The number of hydrogen-bond donors (Lipinski definition) is 0. The lowest BCUT2D eigenvalue weighted by Gasteiger charge is -2.06. The summed E-state index contributed by atoms with van der Waals surface area (Å²) in [6, 6.07) is 6.56. The lowest BCUT2D eigenvalue weighted by molar-refractivity contribution is 0.0830. The second-order valence-corrected chi connectivity index (χ2v) is 5.79. The van der Waals surface area contributed by atoms with Crippen molar-refractivity contribution < 1.29 is 9.32 Å². The molecule has 6 heteroatoms. The smallest absolute Gasteiger partial charge is 0.328 e. The summed E-state index contributed by atoms with van der Waals surface area (Å²) in [5.41, 5.74) is 0.525. The molecule has 0 aliphatic carbocycles. The Morgan fingerprint density at radius 3 is 2.68 bits per heavy atom. The van der Waals surface area contributed by atoms with Crippen molar-refractivity contribution in [2.24, 2.45) is 0 Å². The van der Waals surface area contributed by atoms with Gasteiger partial charge in [0.1, 0.15) is 0 Å². The van der Waals surface area contributed by atoms with Crippen LogP contribution in [0.15, 0.2) is 42.5 Å². The van der Waals surface area contributed by atoms with E-state index in [-0.39, 0.29) is 5.91 Å². The highest BCUT2D eigenvalue weighted by Gasteiger charge is 2.18. The van der Waals surface area contributed by atoms with Crippen LogP contribution in [0.5, 0.6) is 0 Å². The van der Waals surface area contributed by atoms with Gasteiger partial charge < -0.3 is 4.52 Å². The Labute approximate surface area is 126 Å². The van der Waals surface area contributed by atoms with Gasteiger partial charge in [0, 0.05) is 15.0 Å². The van der Waals surface area contributed by atoms with Gasteiger partial charge in [0.2, 0.25) is 0 Å². The Morgan fingerprint density at radius 1 is 1.32 bits per heavy atom. The van der Waals surface area contributed by atoms with Gasteiger partial charge in [-0.05, 0) is 40.5 Å². The third kappa shape index (κ3) is 3.06. The number of rotatable bonds is 3. The van der Waals surface area contributed by atoms with E-state index in [1.807, 2.05) is 6.92 Å². The SMILES string of the molecule is CCCc1cc(=O)on1C(=O)c1ccc(Br)cc1Br. The highest BCUT2D eigenvalue weighted by Crippen LogP contribution is 2.23. The summed E-state index contributed by atoms with van der Waals surface area (Å²) in [7, 11) is 0. The second-order valence-electron chi connectivity index (χ2n) is 4.02. The zero-order valence-electron chi connectivity index (χ0n) is 10.2. The molecule has 0 unspecified atom stereocenters. The van der Waals surface area contributed by atoms with E-state index in [4.69, 9.17) is 4.52 Å². The second kappa shape index (κ2) is 5.88. The first-order chi connectivity index (χ1) is 9.02. The molecule has 2 rings (SSSR count). The Balaban J connectivity index is 2.46. The van der Waals surface area contributed by atoms with Gasteiger partial charge in [-0.15, -0.1) is 4.74 Å². The van der Waals surface area contributed by atoms with Crippen LogP contribution >= 0.6 is 31.9 Å².